The molecule has 3 rings (SSSR count). The maximum absolute atomic E-state index is 11.4. The van der Waals surface area contributed by atoms with Crippen molar-refractivity contribution in [3.63, 3.8) is 0 Å². The van der Waals surface area contributed by atoms with Gasteiger partial charge in [-0.25, -0.2) is 0 Å². The number of hydrogen-bond acceptors (Lipinski definition) is 5. The van der Waals surface area contributed by atoms with Gasteiger partial charge in [0.1, 0.15) is 5.82 Å². The molecule has 0 atom stereocenters. The van der Waals surface area contributed by atoms with Gasteiger partial charge < -0.3 is 10.6 Å². The molecule has 2 aromatic heterocycles. The molecule has 6 heteroatoms. The Hall–Kier alpha value is -2.50. The summed E-state index contributed by atoms with van der Waals surface area (Å²) in [7, 11) is 1.57. The van der Waals surface area contributed by atoms with Crippen molar-refractivity contribution in [1.82, 2.24) is 20.5 Å². The van der Waals surface area contributed by atoms with Gasteiger partial charge in [-0.3, -0.25) is 9.78 Å². The average molecular weight is 297 g/mol. The fourth-order valence-electron chi connectivity index (χ4n) is 2.78. The van der Waals surface area contributed by atoms with Gasteiger partial charge in [0.2, 0.25) is 0 Å². The minimum absolute atomic E-state index is 0.134. The molecule has 0 radical (unpaired) electrons. The fourth-order valence-corrected chi connectivity index (χ4v) is 2.78. The van der Waals surface area contributed by atoms with Crippen molar-refractivity contribution in [3.8, 4) is 0 Å². The Kier molecular flexibility index (Phi) is 4.00. The molecule has 22 heavy (non-hydrogen) atoms. The molecule has 1 aliphatic carbocycles. The lowest BCUT2D eigenvalue weighted by atomic mass is 9.65. The summed E-state index contributed by atoms with van der Waals surface area (Å²) in [5.74, 6) is 0.452. The van der Waals surface area contributed by atoms with Crippen LogP contribution in [0.2, 0.25) is 0 Å². The highest BCUT2D eigenvalue weighted by molar-refractivity contribution is 5.91. The molecule has 6 nitrogen and oxygen atoms in total. The van der Waals surface area contributed by atoms with Gasteiger partial charge in [0, 0.05) is 31.4 Å². The van der Waals surface area contributed by atoms with Crippen molar-refractivity contribution >= 4 is 11.7 Å². The first-order valence-electron chi connectivity index (χ1n) is 7.44. The first-order chi connectivity index (χ1) is 10.7. The summed E-state index contributed by atoms with van der Waals surface area (Å²) >= 11 is 0. The molecule has 114 valence electrons. The zero-order valence-electron chi connectivity index (χ0n) is 12.5. The van der Waals surface area contributed by atoms with E-state index >= 15 is 0 Å². The number of carbonyl (C=O) groups is 1. The van der Waals surface area contributed by atoms with Crippen molar-refractivity contribution in [3.05, 3.63) is 47.9 Å². The Balaban J connectivity index is 1.68. The van der Waals surface area contributed by atoms with Crippen LogP contribution < -0.4 is 10.6 Å². The summed E-state index contributed by atoms with van der Waals surface area (Å²) in [6.45, 7) is 0.798. The summed E-state index contributed by atoms with van der Waals surface area (Å²) < 4.78 is 0. The molecule has 2 N–H and O–H groups in total. The Bertz CT molecular complexity index is 637. The SMILES string of the molecule is CNC(=O)c1ccc(NCC2(c3cccnc3)CCC2)nn1. The second kappa shape index (κ2) is 6.09. The summed E-state index contributed by atoms with van der Waals surface area (Å²) in [5, 5.41) is 13.9. The van der Waals surface area contributed by atoms with E-state index in [0.29, 0.717) is 11.5 Å². The summed E-state index contributed by atoms with van der Waals surface area (Å²) in [6.07, 6.45) is 7.27. The molecule has 2 aromatic rings. The van der Waals surface area contributed by atoms with E-state index in [1.807, 2.05) is 12.3 Å². The molecule has 1 aliphatic rings. The highest BCUT2D eigenvalue weighted by atomic mass is 16.1. The van der Waals surface area contributed by atoms with Crippen LogP contribution in [0.3, 0.4) is 0 Å². The van der Waals surface area contributed by atoms with Gasteiger partial charge in [-0.1, -0.05) is 12.5 Å². The third-order valence-corrected chi connectivity index (χ3v) is 4.32. The minimum atomic E-state index is -0.232. The van der Waals surface area contributed by atoms with Gasteiger partial charge in [-0.05, 0) is 36.6 Å². The van der Waals surface area contributed by atoms with Crippen molar-refractivity contribution in [1.29, 1.82) is 0 Å². The quantitative estimate of drug-likeness (QED) is 0.879. The highest BCUT2D eigenvalue weighted by Crippen LogP contribution is 2.43. The number of nitrogens with one attached hydrogen (secondary N) is 2. The molecule has 1 amide bonds. The van der Waals surface area contributed by atoms with Gasteiger partial charge in [0.25, 0.3) is 5.91 Å². The topological polar surface area (TPSA) is 79.8 Å². The lowest BCUT2D eigenvalue weighted by Gasteiger charge is -2.42. The van der Waals surface area contributed by atoms with Crippen LogP contribution in [0.1, 0.15) is 35.3 Å². The Morgan fingerprint density at radius 1 is 1.27 bits per heavy atom. The van der Waals surface area contributed by atoms with Crippen LogP contribution in [0, 0.1) is 0 Å². The second-order valence-electron chi connectivity index (χ2n) is 5.61. The number of carbonyl (C=O) groups excluding carboxylic acids is 1. The van der Waals surface area contributed by atoms with E-state index < -0.39 is 0 Å². The Morgan fingerprint density at radius 2 is 2.14 bits per heavy atom. The molecule has 0 unspecified atom stereocenters. The van der Waals surface area contributed by atoms with Gasteiger partial charge in [0.15, 0.2) is 5.69 Å². The van der Waals surface area contributed by atoms with Gasteiger partial charge in [0.05, 0.1) is 0 Å². The van der Waals surface area contributed by atoms with Crippen molar-refractivity contribution < 1.29 is 4.79 Å². The molecule has 0 bridgehead atoms. The number of pyridine rings is 1. The van der Waals surface area contributed by atoms with E-state index in [4.69, 9.17) is 0 Å². The van der Waals surface area contributed by atoms with E-state index in [-0.39, 0.29) is 11.3 Å². The standard InChI is InChI=1S/C16H19N5O/c1-17-15(22)13-5-6-14(21-20-13)19-11-16(7-3-8-16)12-4-2-9-18-10-12/h2,4-6,9-10H,3,7-8,11H2,1H3,(H,17,22)(H,19,21). The number of hydrogen-bond donors (Lipinski definition) is 2. The summed E-state index contributed by atoms with van der Waals surface area (Å²) in [4.78, 5) is 15.7. The van der Waals surface area contributed by atoms with Gasteiger partial charge >= 0.3 is 0 Å². The van der Waals surface area contributed by atoms with Crippen molar-refractivity contribution in [2.75, 3.05) is 18.9 Å². The number of anilines is 1. The zero-order valence-corrected chi connectivity index (χ0v) is 12.5. The molecule has 2 heterocycles. The van der Waals surface area contributed by atoms with Crippen molar-refractivity contribution in [2.24, 2.45) is 0 Å². The maximum atomic E-state index is 11.4. The van der Waals surface area contributed by atoms with Crippen LogP contribution in [0.4, 0.5) is 5.82 Å². The smallest absolute Gasteiger partial charge is 0.271 e. The van der Waals surface area contributed by atoms with Gasteiger partial charge in [-0.2, -0.15) is 0 Å². The summed E-state index contributed by atoms with van der Waals surface area (Å²) in [5.41, 5.74) is 1.72. The Labute approximate surface area is 129 Å². The van der Waals surface area contributed by atoms with E-state index in [2.05, 4.69) is 31.9 Å². The monoisotopic (exact) mass is 297 g/mol. The number of amides is 1. The van der Waals surface area contributed by atoms with E-state index in [9.17, 15) is 4.79 Å². The largest absolute Gasteiger partial charge is 0.368 e. The number of nitrogens with zero attached hydrogens (tertiary/aromatic N) is 3. The normalized spacial score (nSPS) is 15.7. The van der Waals surface area contributed by atoms with E-state index in [1.54, 1.807) is 25.4 Å². The van der Waals surface area contributed by atoms with Crippen LogP contribution in [-0.4, -0.2) is 34.7 Å². The molecule has 0 aromatic carbocycles. The van der Waals surface area contributed by atoms with Crippen LogP contribution >= 0.6 is 0 Å². The van der Waals surface area contributed by atoms with Crippen LogP contribution in [-0.2, 0) is 5.41 Å². The maximum Gasteiger partial charge on any atom is 0.271 e. The van der Waals surface area contributed by atoms with Gasteiger partial charge in [-0.15, -0.1) is 10.2 Å². The molecular weight excluding hydrogens is 278 g/mol. The molecule has 1 saturated carbocycles. The fraction of sp³-hybridized carbons (Fsp3) is 0.375. The Morgan fingerprint density at radius 3 is 2.68 bits per heavy atom. The molecule has 1 fully saturated rings. The minimum Gasteiger partial charge on any atom is -0.368 e. The average Bonchev–Trinajstić information content (AvgIpc) is 2.55. The molecule has 0 saturated heterocycles. The first kappa shape index (κ1) is 14.4. The van der Waals surface area contributed by atoms with Crippen LogP contribution in [0.15, 0.2) is 36.7 Å². The molecule has 0 aliphatic heterocycles. The van der Waals surface area contributed by atoms with Crippen LogP contribution in [0.5, 0.6) is 0 Å². The third kappa shape index (κ3) is 2.77. The van der Waals surface area contributed by atoms with E-state index in [0.717, 1.165) is 19.4 Å². The number of aromatic nitrogens is 3. The zero-order chi connectivity index (χ0) is 15.4. The predicted molar refractivity (Wildman–Crippen MR) is 83.7 cm³/mol. The predicted octanol–water partition coefficient (Wildman–Crippen LogP) is 1.76. The lowest BCUT2D eigenvalue weighted by molar-refractivity contribution is 0.0957. The molecule has 0 spiro atoms. The third-order valence-electron chi connectivity index (χ3n) is 4.32. The number of rotatable bonds is 5. The van der Waals surface area contributed by atoms with Crippen LogP contribution in [0.25, 0.3) is 0 Å². The highest BCUT2D eigenvalue weighted by Gasteiger charge is 2.38. The summed E-state index contributed by atoms with van der Waals surface area (Å²) in [6, 6.07) is 7.57. The lowest BCUT2D eigenvalue weighted by Crippen LogP contribution is -2.41. The first-order valence-corrected chi connectivity index (χ1v) is 7.44. The van der Waals surface area contributed by atoms with E-state index in [1.165, 1.54) is 12.0 Å². The second-order valence-corrected chi connectivity index (χ2v) is 5.61. The van der Waals surface area contributed by atoms with Crippen molar-refractivity contribution in [2.45, 2.75) is 24.7 Å². The molecular formula is C16H19N5O.